The second kappa shape index (κ2) is 25.1. The second-order valence-corrected chi connectivity index (χ2v) is 22.3. The molecule has 0 aromatic heterocycles. The van der Waals surface area contributed by atoms with Gasteiger partial charge in [0.25, 0.3) is 0 Å². The summed E-state index contributed by atoms with van der Waals surface area (Å²) < 4.78 is 43.9. The van der Waals surface area contributed by atoms with E-state index in [4.69, 9.17) is 33.2 Å². The standard InChI is InChI=1S/C53H92N2O14/c1-17-41-53(13,62)45(57)36(9)55(23-18-24-64-48(59)33(6)39-21-19-38(20-22-39)25-30(2)3)29-31(4)27-51(11,61)47(69-50-43(56)40(54(14)15)26-32(5)65-50)34(7)44(35(8)49(60)67-41)68-42-28-52(12,63-16)46(58)37(10)66-42/h19-22,30-37,40-47,50,56-58,61-62H,17-18,23-29H2,1-16H3/t31-,32-,33+,34+,35-,36-,37+,40+,41-,42+,43-,44+,45-,46+,47-,50+,51-,52-,53-/m1/s1. The molecule has 3 fully saturated rings. The molecule has 0 radical (unpaired) electrons. The zero-order valence-corrected chi connectivity index (χ0v) is 44.8. The van der Waals surface area contributed by atoms with Gasteiger partial charge in [0.05, 0.1) is 54.1 Å². The molecule has 0 spiro atoms. The van der Waals surface area contributed by atoms with Crippen LogP contribution in [0.3, 0.4) is 0 Å². The minimum Gasteiger partial charge on any atom is -0.465 e. The fraction of sp³-hybridized carbons (Fsp3) is 0.849. The van der Waals surface area contributed by atoms with Crippen LogP contribution < -0.4 is 0 Å². The number of carbonyl (C=O) groups excluding carboxylic acids is 2. The van der Waals surface area contributed by atoms with Gasteiger partial charge in [-0.05, 0) is 125 Å². The molecular formula is C53H92N2O14. The van der Waals surface area contributed by atoms with Crippen LogP contribution in [0.15, 0.2) is 24.3 Å². The Morgan fingerprint density at radius 3 is 2.14 bits per heavy atom. The maximum absolute atomic E-state index is 14.6. The topological polar surface area (TPSA) is 206 Å². The molecule has 3 heterocycles. The van der Waals surface area contributed by atoms with Crippen LogP contribution in [0, 0.1) is 23.7 Å². The summed E-state index contributed by atoms with van der Waals surface area (Å²) in [6.07, 6.45) is -7.71. The molecule has 16 heteroatoms. The molecule has 0 saturated carbocycles. The van der Waals surface area contributed by atoms with Gasteiger partial charge in [0.2, 0.25) is 0 Å². The zero-order valence-electron chi connectivity index (χ0n) is 44.8. The Labute approximate surface area is 413 Å². The van der Waals surface area contributed by atoms with Crippen molar-refractivity contribution in [2.24, 2.45) is 23.7 Å². The molecule has 3 aliphatic rings. The number of rotatable bonds is 15. The number of methoxy groups -OCH3 is 1. The number of esters is 2. The summed E-state index contributed by atoms with van der Waals surface area (Å²) in [5, 5.41) is 60.1. The SMILES string of the molecule is CC[C@H]1OC(=O)[C@H](C)[C@@H](O[C@H]2C[C@@](C)(OC)[C@@H](O)[C@H](C)O2)[C@H](C)[C@@H](O[C@@H]2O[C@H](C)C[C@H](N(C)C)[C@H]2O)[C@](C)(O)C[C@@H](C)CN(CCCOC(=O)[C@@H](C)c2ccc(CC(C)C)cc2)[C@H](C)[C@@H](O)[C@]1(C)O. The largest absolute Gasteiger partial charge is 0.465 e. The molecular weight excluding hydrogens is 889 g/mol. The highest BCUT2D eigenvalue weighted by Crippen LogP contribution is 2.40. The average Bonchev–Trinajstić information content (AvgIpc) is 3.28. The van der Waals surface area contributed by atoms with Crippen molar-refractivity contribution < 1.29 is 68.3 Å². The number of nitrogens with zero attached hydrogens (tertiary/aromatic N) is 2. The summed E-state index contributed by atoms with van der Waals surface area (Å²) in [7, 11) is 5.26. The van der Waals surface area contributed by atoms with Crippen LogP contribution in [0.5, 0.6) is 0 Å². The van der Waals surface area contributed by atoms with Crippen LogP contribution in [0.2, 0.25) is 0 Å². The smallest absolute Gasteiger partial charge is 0.313 e. The Balaban J connectivity index is 1.71. The van der Waals surface area contributed by atoms with Crippen molar-refractivity contribution in [2.45, 2.75) is 225 Å². The average molecular weight is 981 g/mol. The van der Waals surface area contributed by atoms with Crippen LogP contribution in [-0.2, 0) is 49.2 Å². The van der Waals surface area contributed by atoms with Crippen molar-refractivity contribution in [3.05, 3.63) is 35.4 Å². The Bertz CT molecular complexity index is 1750. The van der Waals surface area contributed by atoms with Crippen molar-refractivity contribution in [1.29, 1.82) is 0 Å². The molecule has 0 bridgehead atoms. The molecule has 398 valence electrons. The third kappa shape index (κ3) is 14.9. The van der Waals surface area contributed by atoms with E-state index in [2.05, 4.69) is 26.0 Å². The van der Waals surface area contributed by atoms with Gasteiger partial charge in [-0.2, -0.15) is 0 Å². The normalized spacial score (nSPS) is 40.7. The number of ether oxygens (including phenoxy) is 7. The first-order chi connectivity index (χ1) is 32.1. The predicted molar refractivity (Wildman–Crippen MR) is 262 cm³/mol. The first-order valence-electron chi connectivity index (χ1n) is 25.6. The second-order valence-electron chi connectivity index (χ2n) is 22.3. The lowest BCUT2D eigenvalue weighted by atomic mass is 9.77. The van der Waals surface area contributed by atoms with Crippen LogP contribution >= 0.6 is 0 Å². The summed E-state index contributed by atoms with van der Waals surface area (Å²) in [6, 6.07) is 7.04. The molecule has 69 heavy (non-hydrogen) atoms. The molecule has 0 aliphatic carbocycles. The fourth-order valence-electron chi connectivity index (χ4n) is 11.0. The number of hydrogen-bond donors (Lipinski definition) is 5. The van der Waals surface area contributed by atoms with Crippen molar-refractivity contribution in [1.82, 2.24) is 9.80 Å². The van der Waals surface area contributed by atoms with Gasteiger partial charge in [0, 0.05) is 44.6 Å². The Hall–Kier alpha value is -2.32. The van der Waals surface area contributed by atoms with Gasteiger partial charge in [-0.3, -0.25) is 14.5 Å². The maximum Gasteiger partial charge on any atom is 0.313 e. The number of aliphatic hydroxyl groups is 5. The number of hydrogen-bond acceptors (Lipinski definition) is 16. The third-order valence-corrected chi connectivity index (χ3v) is 15.3. The minimum atomic E-state index is -1.93. The highest BCUT2D eigenvalue weighted by molar-refractivity contribution is 5.77. The Morgan fingerprint density at radius 1 is 0.928 bits per heavy atom. The van der Waals surface area contributed by atoms with Gasteiger partial charge in [-0.25, -0.2) is 0 Å². The molecule has 4 rings (SSSR count). The van der Waals surface area contributed by atoms with E-state index in [9.17, 15) is 35.1 Å². The number of carbonyl (C=O) groups is 2. The molecule has 1 aromatic rings. The molecule has 0 unspecified atom stereocenters. The highest BCUT2D eigenvalue weighted by Gasteiger charge is 2.53. The first-order valence-corrected chi connectivity index (χ1v) is 25.6. The summed E-state index contributed by atoms with van der Waals surface area (Å²) in [4.78, 5) is 31.8. The monoisotopic (exact) mass is 981 g/mol. The van der Waals surface area contributed by atoms with E-state index in [0.29, 0.717) is 31.8 Å². The Kier molecular flexibility index (Phi) is 21.5. The first kappa shape index (κ1) is 59.2. The maximum atomic E-state index is 14.6. The predicted octanol–water partition coefficient (Wildman–Crippen LogP) is 5.21. The lowest BCUT2D eigenvalue weighted by Gasteiger charge is -2.48. The number of benzene rings is 1. The van der Waals surface area contributed by atoms with Crippen molar-refractivity contribution >= 4 is 11.9 Å². The number of aliphatic hydroxyl groups excluding tert-OH is 3. The van der Waals surface area contributed by atoms with E-state index >= 15 is 0 Å². The highest BCUT2D eigenvalue weighted by atomic mass is 16.7. The van der Waals surface area contributed by atoms with Gasteiger partial charge in [-0.1, -0.05) is 58.9 Å². The molecule has 19 atom stereocenters. The van der Waals surface area contributed by atoms with E-state index < -0.39 is 102 Å². The van der Waals surface area contributed by atoms with Gasteiger partial charge in [0.1, 0.15) is 30.0 Å². The van der Waals surface area contributed by atoms with Gasteiger partial charge < -0.3 is 63.6 Å². The molecule has 16 nitrogen and oxygen atoms in total. The van der Waals surface area contributed by atoms with Crippen LogP contribution in [-0.4, -0.2) is 178 Å². The summed E-state index contributed by atoms with van der Waals surface area (Å²) in [5.41, 5.74) is -2.57. The minimum absolute atomic E-state index is 0.0994. The molecule has 5 N–H and O–H groups in total. The van der Waals surface area contributed by atoms with Crippen molar-refractivity contribution in [3.8, 4) is 0 Å². The summed E-state index contributed by atoms with van der Waals surface area (Å²) >= 11 is 0. The van der Waals surface area contributed by atoms with Gasteiger partial charge in [-0.15, -0.1) is 0 Å². The van der Waals surface area contributed by atoms with E-state index in [1.165, 1.54) is 19.6 Å². The van der Waals surface area contributed by atoms with Crippen LogP contribution in [0.25, 0.3) is 0 Å². The van der Waals surface area contributed by atoms with E-state index in [0.717, 1.165) is 12.0 Å². The number of likely N-dealkylation sites (N-methyl/N-ethyl adjacent to an activating group) is 1. The Morgan fingerprint density at radius 2 is 1.57 bits per heavy atom. The van der Waals surface area contributed by atoms with Crippen molar-refractivity contribution in [3.63, 3.8) is 0 Å². The summed E-state index contributed by atoms with van der Waals surface area (Å²) in [5.74, 6) is -3.19. The van der Waals surface area contributed by atoms with E-state index in [-0.39, 0.29) is 49.9 Å². The summed E-state index contributed by atoms with van der Waals surface area (Å²) in [6.45, 7) is 24.5. The van der Waals surface area contributed by atoms with Gasteiger partial charge in [0.15, 0.2) is 12.6 Å². The van der Waals surface area contributed by atoms with E-state index in [1.807, 2.05) is 63.7 Å². The van der Waals surface area contributed by atoms with Crippen molar-refractivity contribution in [2.75, 3.05) is 40.9 Å². The molecule has 3 saturated heterocycles. The van der Waals surface area contributed by atoms with Crippen LogP contribution in [0.1, 0.15) is 139 Å². The fourth-order valence-corrected chi connectivity index (χ4v) is 11.0. The van der Waals surface area contributed by atoms with Gasteiger partial charge >= 0.3 is 11.9 Å². The zero-order chi connectivity index (χ0) is 51.9. The third-order valence-electron chi connectivity index (χ3n) is 15.3. The van der Waals surface area contributed by atoms with E-state index in [1.54, 1.807) is 41.5 Å². The number of cyclic esters (lactones) is 1. The quantitative estimate of drug-likeness (QED) is 0.113. The molecule has 0 amide bonds. The molecule has 1 aromatic carbocycles. The lowest BCUT2D eigenvalue weighted by Crippen LogP contribution is -2.60. The molecule has 3 aliphatic heterocycles. The van der Waals surface area contributed by atoms with Crippen LogP contribution in [0.4, 0.5) is 0 Å². The lowest BCUT2D eigenvalue weighted by molar-refractivity contribution is -0.318.